The number of aromatic nitrogens is 2. The zero-order valence-electron chi connectivity index (χ0n) is 14.1. The summed E-state index contributed by atoms with van der Waals surface area (Å²) in [6.45, 7) is 0.197. The molecule has 0 unspecified atom stereocenters. The first-order chi connectivity index (χ1) is 12.6. The number of amides is 1. The zero-order valence-corrected chi connectivity index (χ0v) is 15.7. The standard InChI is InChI=1S/C19H18ClN3O2S/c20-13-7-3-1-5-11(13)17-22-18-16(12-6-2-4-8-14(12)26-18)19(25)23(17)10-9-15(21)24/h1,3,5,7H,2,4,6,8-10H2,(H2,21,24). The Kier molecular flexibility index (Phi) is 4.54. The van der Waals surface area contributed by atoms with Gasteiger partial charge in [0.15, 0.2) is 0 Å². The summed E-state index contributed by atoms with van der Waals surface area (Å²) in [6, 6.07) is 7.30. The minimum absolute atomic E-state index is 0.0802. The predicted octanol–water partition coefficient (Wildman–Crippen LogP) is 3.53. The number of carbonyl (C=O) groups excluding carboxylic acids is 1. The van der Waals surface area contributed by atoms with Gasteiger partial charge in [-0.15, -0.1) is 11.3 Å². The van der Waals surface area contributed by atoms with E-state index in [0.29, 0.717) is 21.8 Å². The van der Waals surface area contributed by atoms with E-state index < -0.39 is 5.91 Å². The molecule has 2 heterocycles. The van der Waals surface area contributed by atoms with Crippen LogP contribution in [-0.2, 0) is 24.2 Å². The molecule has 0 fully saturated rings. The van der Waals surface area contributed by atoms with Gasteiger partial charge in [0, 0.05) is 23.4 Å². The summed E-state index contributed by atoms with van der Waals surface area (Å²) in [4.78, 5) is 31.4. The Bertz CT molecular complexity index is 1070. The first-order valence-corrected chi connectivity index (χ1v) is 9.84. The number of aryl methyl sites for hydroxylation is 2. The molecule has 4 rings (SSSR count). The Balaban J connectivity index is 2.00. The third-order valence-electron chi connectivity index (χ3n) is 4.77. The number of nitrogens with two attached hydrogens (primary N) is 1. The minimum atomic E-state index is -0.450. The van der Waals surface area contributed by atoms with E-state index in [1.54, 1.807) is 22.0 Å². The van der Waals surface area contributed by atoms with E-state index in [1.165, 1.54) is 4.88 Å². The highest BCUT2D eigenvalue weighted by Crippen LogP contribution is 2.35. The molecule has 26 heavy (non-hydrogen) atoms. The van der Waals surface area contributed by atoms with Gasteiger partial charge < -0.3 is 5.73 Å². The lowest BCUT2D eigenvalue weighted by molar-refractivity contribution is -0.118. The molecule has 0 aliphatic heterocycles. The van der Waals surface area contributed by atoms with Gasteiger partial charge in [-0.2, -0.15) is 0 Å². The lowest BCUT2D eigenvalue weighted by Gasteiger charge is -2.14. The largest absolute Gasteiger partial charge is 0.370 e. The predicted molar refractivity (Wildman–Crippen MR) is 105 cm³/mol. The summed E-state index contributed by atoms with van der Waals surface area (Å²) in [5, 5.41) is 1.22. The van der Waals surface area contributed by atoms with E-state index in [-0.39, 0.29) is 18.5 Å². The summed E-state index contributed by atoms with van der Waals surface area (Å²) in [6.07, 6.45) is 4.22. The van der Waals surface area contributed by atoms with Crippen molar-refractivity contribution >= 4 is 39.1 Å². The Morgan fingerprint density at radius 3 is 2.81 bits per heavy atom. The fraction of sp³-hybridized carbons (Fsp3) is 0.316. The molecule has 1 aliphatic rings. The molecule has 0 saturated carbocycles. The summed E-state index contributed by atoms with van der Waals surface area (Å²) in [5.74, 6) is 0.0439. The van der Waals surface area contributed by atoms with Gasteiger partial charge in [-0.25, -0.2) is 4.98 Å². The molecule has 2 N–H and O–H groups in total. The van der Waals surface area contributed by atoms with Gasteiger partial charge in [0.2, 0.25) is 5.91 Å². The van der Waals surface area contributed by atoms with Crippen molar-refractivity contribution in [3.8, 4) is 11.4 Å². The smallest absolute Gasteiger partial charge is 0.262 e. The zero-order chi connectivity index (χ0) is 18.3. The van der Waals surface area contributed by atoms with Crippen molar-refractivity contribution in [3.63, 3.8) is 0 Å². The van der Waals surface area contributed by atoms with Gasteiger partial charge in [0.25, 0.3) is 5.56 Å². The van der Waals surface area contributed by atoms with Crippen LogP contribution in [0.4, 0.5) is 0 Å². The molecular weight excluding hydrogens is 370 g/mol. The number of hydrogen-bond donors (Lipinski definition) is 1. The van der Waals surface area contributed by atoms with Crippen LogP contribution in [-0.4, -0.2) is 15.5 Å². The monoisotopic (exact) mass is 387 g/mol. The summed E-state index contributed by atoms with van der Waals surface area (Å²) >= 11 is 7.96. The lowest BCUT2D eigenvalue weighted by Crippen LogP contribution is -2.26. The average Bonchev–Trinajstić information content (AvgIpc) is 2.99. The van der Waals surface area contributed by atoms with Gasteiger partial charge >= 0.3 is 0 Å². The lowest BCUT2D eigenvalue weighted by atomic mass is 9.97. The van der Waals surface area contributed by atoms with Crippen molar-refractivity contribution in [2.45, 2.75) is 38.6 Å². The van der Waals surface area contributed by atoms with Crippen LogP contribution in [0.1, 0.15) is 29.7 Å². The van der Waals surface area contributed by atoms with Crippen LogP contribution in [0, 0.1) is 0 Å². The number of hydrogen-bond acceptors (Lipinski definition) is 4. The van der Waals surface area contributed by atoms with Crippen molar-refractivity contribution in [1.29, 1.82) is 0 Å². The second kappa shape index (κ2) is 6.85. The second-order valence-electron chi connectivity index (χ2n) is 6.48. The Labute approximate surface area is 159 Å². The molecule has 5 nitrogen and oxygen atoms in total. The first-order valence-electron chi connectivity index (χ1n) is 8.64. The van der Waals surface area contributed by atoms with Gasteiger partial charge in [0.1, 0.15) is 10.7 Å². The topological polar surface area (TPSA) is 78.0 Å². The fourth-order valence-corrected chi connectivity index (χ4v) is 4.99. The molecule has 1 aliphatic carbocycles. The van der Waals surface area contributed by atoms with Gasteiger partial charge in [0.05, 0.1) is 10.4 Å². The SMILES string of the molecule is NC(=O)CCn1c(-c2ccccc2Cl)nc2sc3c(c2c1=O)CCCC3. The van der Waals surface area contributed by atoms with Crippen molar-refractivity contribution in [3.05, 3.63) is 50.1 Å². The maximum absolute atomic E-state index is 13.3. The summed E-state index contributed by atoms with van der Waals surface area (Å²) in [7, 11) is 0. The molecule has 0 bridgehead atoms. The van der Waals surface area contributed by atoms with Crippen molar-refractivity contribution in [2.75, 3.05) is 0 Å². The number of halogens is 1. The molecule has 0 radical (unpaired) electrons. The highest BCUT2D eigenvalue weighted by molar-refractivity contribution is 7.18. The van der Waals surface area contributed by atoms with Crippen LogP contribution in [0.15, 0.2) is 29.1 Å². The van der Waals surface area contributed by atoms with Gasteiger partial charge in [-0.05, 0) is 43.4 Å². The van der Waals surface area contributed by atoms with E-state index in [1.807, 2.05) is 18.2 Å². The maximum Gasteiger partial charge on any atom is 0.262 e. The Morgan fingerprint density at radius 2 is 2.04 bits per heavy atom. The third kappa shape index (κ3) is 2.93. The van der Waals surface area contributed by atoms with E-state index in [9.17, 15) is 9.59 Å². The van der Waals surface area contributed by atoms with Gasteiger partial charge in [-0.1, -0.05) is 23.7 Å². The molecule has 134 valence electrons. The van der Waals surface area contributed by atoms with Gasteiger partial charge in [-0.3, -0.25) is 14.2 Å². The molecule has 2 aromatic heterocycles. The van der Waals surface area contributed by atoms with Crippen LogP contribution >= 0.6 is 22.9 Å². The molecule has 1 amide bonds. The first kappa shape index (κ1) is 17.2. The van der Waals surface area contributed by atoms with E-state index in [4.69, 9.17) is 22.3 Å². The van der Waals surface area contributed by atoms with Crippen molar-refractivity contribution in [2.24, 2.45) is 5.73 Å². The maximum atomic E-state index is 13.3. The molecule has 1 aromatic carbocycles. The quantitative estimate of drug-likeness (QED) is 0.743. The Morgan fingerprint density at radius 1 is 1.27 bits per heavy atom. The van der Waals surface area contributed by atoms with E-state index in [2.05, 4.69) is 0 Å². The second-order valence-corrected chi connectivity index (χ2v) is 7.97. The number of thiophene rings is 1. The molecule has 0 spiro atoms. The molecule has 7 heteroatoms. The number of carbonyl (C=O) groups is 1. The molecule has 0 atom stereocenters. The van der Waals surface area contributed by atoms with Crippen LogP contribution in [0.2, 0.25) is 5.02 Å². The minimum Gasteiger partial charge on any atom is -0.370 e. The van der Waals surface area contributed by atoms with Crippen LogP contribution in [0.5, 0.6) is 0 Å². The van der Waals surface area contributed by atoms with Crippen molar-refractivity contribution < 1.29 is 4.79 Å². The number of benzene rings is 1. The summed E-state index contributed by atoms with van der Waals surface area (Å²) < 4.78 is 1.55. The Hall–Kier alpha value is -2.18. The molecule has 0 saturated heterocycles. The normalized spacial score (nSPS) is 13.7. The molecular formula is C19H18ClN3O2S. The van der Waals surface area contributed by atoms with Crippen LogP contribution in [0.3, 0.4) is 0 Å². The highest BCUT2D eigenvalue weighted by Gasteiger charge is 2.23. The number of primary amides is 1. The van der Waals surface area contributed by atoms with E-state index in [0.717, 1.165) is 36.1 Å². The average molecular weight is 388 g/mol. The third-order valence-corrected chi connectivity index (χ3v) is 6.29. The van der Waals surface area contributed by atoms with Crippen LogP contribution < -0.4 is 11.3 Å². The number of fused-ring (bicyclic) bond motifs is 3. The van der Waals surface area contributed by atoms with E-state index >= 15 is 0 Å². The van der Waals surface area contributed by atoms with Crippen LogP contribution in [0.25, 0.3) is 21.6 Å². The number of nitrogens with zero attached hydrogens (tertiary/aromatic N) is 2. The molecule has 3 aromatic rings. The fourth-order valence-electron chi connectivity index (χ4n) is 3.52. The van der Waals surface area contributed by atoms with Crippen molar-refractivity contribution in [1.82, 2.24) is 9.55 Å². The number of rotatable bonds is 4. The summed E-state index contributed by atoms with van der Waals surface area (Å²) in [5.41, 5.74) is 7.02. The highest BCUT2D eigenvalue weighted by atomic mass is 35.5.